The molecule has 8 heteroatoms. The number of likely N-dealkylation sites (N-methyl/N-ethyl adjacent to an activating group) is 1. The lowest BCUT2D eigenvalue weighted by Gasteiger charge is -2.36. The number of pyridine rings is 1. The Morgan fingerprint density at radius 1 is 1.13 bits per heavy atom. The van der Waals surface area contributed by atoms with Crippen LogP contribution in [-0.4, -0.2) is 66.0 Å². The minimum Gasteiger partial charge on any atom is -0.341 e. The van der Waals surface area contributed by atoms with Gasteiger partial charge in [0.25, 0.3) is 0 Å². The Balaban J connectivity index is 1.32. The van der Waals surface area contributed by atoms with Gasteiger partial charge in [-0.05, 0) is 42.7 Å². The van der Waals surface area contributed by atoms with Crippen LogP contribution in [0.25, 0.3) is 0 Å². The molecule has 1 aromatic heterocycles. The van der Waals surface area contributed by atoms with Gasteiger partial charge >= 0.3 is 6.03 Å². The Morgan fingerprint density at radius 3 is 2.55 bits per heavy atom. The van der Waals surface area contributed by atoms with Crippen LogP contribution in [0, 0.1) is 5.82 Å². The number of carbonyl (C=O) groups is 2. The first-order valence-corrected chi connectivity index (χ1v) is 10.7. The number of rotatable bonds is 8. The van der Waals surface area contributed by atoms with E-state index in [1.807, 2.05) is 24.4 Å². The topological polar surface area (TPSA) is 77.6 Å². The molecule has 2 heterocycles. The van der Waals surface area contributed by atoms with Crippen LogP contribution < -0.4 is 10.6 Å². The number of piperidine rings is 1. The summed E-state index contributed by atoms with van der Waals surface area (Å²) in [5, 5.41) is 5.27. The fourth-order valence-electron chi connectivity index (χ4n) is 3.68. The molecule has 3 rings (SSSR count). The molecule has 0 saturated carbocycles. The molecule has 0 unspecified atom stereocenters. The third-order valence-corrected chi connectivity index (χ3v) is 5.68. The zero-order chi connectivity index (χ0) is 22.1. The van der Waals surface area contributed by atoms with Gasteiger partial charge in [-0.2, -0.15) is 0 Å². The molecule has 2 aromatic rings. The third kappa shape index (κ3) is 7.32. The number of likely N-dealkylation sites (tertiary alicyclic amines) is 1. The number of carbonyl (C=O) groups excluding carboxylic acids is 2. The molecule has 1 fully saturated rings. The summed E-state index contributed by atoms with van der Waals surface area (Å²) in [7, 11) is 1.80. The van der Waals surface area contributed by atoms with E-state index in [1.165, 1.54) is 12.1 Å². The molecule has 3 amide bonds. The largest absolute Gasteiger partial charge is 0.341 e. The maximum Gasteiger partial charge on any atom is 0.315 e. The average molecular weight is 428 g/mol. The number of urea groups is 1. The third-order valence-electron chi connectivity index (χ3n) is 5.68. The van der Waals surface area contributed by atoms with Crippen molar-refractivity contribution in [3.05, 3.63) is 65.7 Å². The van der Waals surface area contributed by atoms with Crippen LogP contribution in [0.2, 0.25) is 0 Å². The van der Waals surface area contributed by atoms with Crippen molar-refractivity contribution in [2.45, 2.75) is 31.8 Å². The number of amides is 3. The van der Waals surface area contributed by atoms with Gasteiger partial charge in [-0.3, -0.25) is 9.78 Å². The number of hydrogen-bond donors (Lipinski definition) is 2. The second kappa shape index (κ2) is 11.4. The molecule has 1 aromatic carbocycles. The predicted molar refractivity (Wildman–Crippen MR) is 117 cm³/mol. The van der Waals surface area contributed by atoms with E-state index in [2.05, 4.69) is 20.5 Å². The SMILES string of the molecule is CN(C(=O)CNC(=O)NCc1ccc(F)cc1)C1CCN(CCc2ccccn2)CC1. The van der Waals surface area contributed by atoms with Crippen LogP contribution in [0.1, 0.15) is 24.1 Å². The summed E-state index contributed by atoms with van der Waals surface area (Å²) >= 11 is 0. The molecule has 0 aliphatic carbocycles. The van der Waals surface area contributed by atoms with Gasteiger partial charge in [0, 0.05) is 57.6 Å². The molecule has 1 aliphatic heterocycles. The summed E-state index contributed by atoms with van der Waals surface area (Å²) in [6.07, 6.45) is 4.58. The summed E-state index contributed by atoms with van der Waals surface area (Å²) < 4.78 is 12.9. The standard InChI is InChI=1S/C23H30FN5O2/c1-28(21-10-14-29(15-11-21)13-9-20-4-2-3-12-25-20)22(30)17-27-23(31)26-16-18-5-7-19(24)8-6-18/h2-8,12,21H,9-11,13-17H2,1H3,(H2,26,27,31). The summed E-state index contributed by atoms with van der Waals surface area (Å²) in [6, 6.07) is 11.6. The van der Waals surface area contributed by atoms with Crippen molar-refractivity contribution in [2.24, 2.45) is 0 Å². The highest BCUT2D eigenvalue weighted by atomic mass is 19.1. The van der Waals surface area contributed by atoms with Gasteiger partial charge in [0.05, 0.1) is 6.54 Å². The fraction of sp³-hybridized carbons (Fsp3) is 0.435. The second-order valence-corrected chi connectivity index (χ2v) is 7.81. The predicted octanol–water partition coefficient (Wildman–Crippen LogP) is 2.19. The molecule has 1 aliphatic rings. The highest BCUT2D eigenvalue weighted by Gasteiger charge is 2.25. The summed E-state index contributed by atoms with van der Waals surface area (Å²) in [5.41, 5.74) is 1.88. The zero-order valence-electron chi connectivity index (χ0n) is 17.9. The Labute approximate surface area is 182 Å². The molecule has 0 spiro atoms. The van der Waals surface area contributed by atoms with Crippen molar-refractivity contribution in [3.8, 4) is 0 Å². The van der Waals surface area contributed by atoms with Crippen molar-refractivity contribution < 1.29 is 14.0 Å². The monoisotopic (exact) mass is 427 g/mol. The van der Waals surface area contributed by atoms with Crippen molar-refractivity contribution in [1.29, 1.82) is 0 Å². The maximum absolute atomic E-state index is 12.9. The zero-order valence-corrected chi connectivity index (χ0v) is 17.9. The lowest BCUT2D eigenvalue weighted by molar-refractivity contribution is -0.131. The number of benzene rings is 1. The number of aromatic nitrogens is 1. The molecule has 2 N–H and O–H groups in total. The first kappa shape index (κ1) is 22.7. The van der Waals surface area contributed by atoms with E-state index < -0.39 is 6.03 Å². The first-order valence-electron chi connectivity index (χ1n) is 10.7. The number of halogens is 1. The average Bonchev–Trinajstić information content (AvgIpc) is 2.81. The molecule has 31 heavy (non-hydrogen) atoms. The van der Waals surface area contributed by atoms with Crippen molar-refractivity contribution in [2.75, 3.05) is 33.2 Å². The van der Waals surface area contributed by atoms with Crippen LogP contribution >= 0.6 is 0 Å². The van der Waals surface area contributed by atoms with Crippen LogP contribution in [0.15, 0.2) is 48.7 Å². The smallest absolute Gasteiger partial charge is 0.315 e. The van der Waals surface area contributed by atoms with Crippen LogP contribution in [0.3, 0.4) is 0 Å². The van der Waals surface area contributed by atoms with E-state index in [0.717, 1.165) is 50.2 Å². The van der Waals surface area contributed by atoms with E-state index in [9.17, 15) is 14.0 Å². The fourth-order valence-corrected chi connectivity index (χ4v) is 3.68. The normalized spacial score (nSPS) is 14.8. The van der Waals surface area contributed by atoms with Gasteiger partial charge < -0.3 is 20.4 Å². The highest BCUT2D eigenvalue weighted by Crippen LogP contribution is 2.16. The summed E-state index contributed by atoms with van der Waals surface area (Å²) in [6.45, 7) is 3.08. The van der Waals surface area contributed by atoms with Crippen LogP contribution in [0.5, 0.6) is 0 Å². The van der Waals surface area contributed by atoms with Crippen molar-refractivity contribution in [1.82, 2.24) is 25.4 Å². The van der Waals surface area contributed by atoms with Crippen LogP contribution in [0.4, 0.5) is 9.18 Å². The van der Waals surface area contributed by atoms with Gasteiger partial charge in [-0.25, -0.2) is 9.18 Å². The number of hydrogen-bond acceptors (Lipinski definition) is 4. The molecule has 1 saturated heterocycles. The van der Waals surface area contributed by atoms with E-state index in [-0.39, 0.29) is 30.9 Å². The van der Waals surface area contributed by atoms with E-state index >= 15 is 0 Å². The first-order chi connectivity index (χ1) is 15.0. The van der Waals surface area contributed by atoms with Gasteiger partial charge in [-0.1, -0.05) is 18.2 Å². The molecular formula is C23H30FN5O2. The van der Waals surface area contributed by atoms with Gasteiger partial charge in [0.15, 0.2) is 0 Å². The minimum atomic E-state index is -0.421. The van der Waals surface area contributed by atoms with E-state index in [4.69, 9.17) is 0 Å². The molecule has 0 atom stereocenters. The van der Waals surface area contributed by atoms with Gasteiger partial charge in [-0.15, -0.1) is 0 Å². The quantitative estimate of drug-likeness (QED) is 0.677. The second-order valence-electron chi connectivity index (χ2n) is 7.81. The van der Waals surface area contributed by atoms with Crippen molar-refractivity contribution in [3.63, 3.8) is 0 Å². The molecule has 0 radical (unpaired) electrons. The van der Waals surface area contributed by atoms with E-state index in [0.29, 0.717) is 0 Å². The van der Waals surface area contributed by atoms with E-state index in [1.54, 1.807) is 24.1 Å². The molecule has 7 nitrogen and oxygen atoms in total. The minimum absolute atomic E-state index is 0.0500. The highest BCUT2D eigenvalue weighted by molar-refractivity contribution is 5.84. The maximum atomic E-state index is 12.9. The van der Waals surface area contributed by atoms with Gasteiger partial charge in [0.2, 0.25) is 5.91 Å². The number of nitrogens with zero attached hydrogens (tertiary/aromatic N) is 3. The Bertz CT molecular complexity index is 839. The summed E-state index contributed by atoms with van der Waals surface area (Å²) in [5.74, 6) is -0.426. The Hall–Kier alpha value is -3.00. The Morgan fingerprint density at radius 2 is 1.87 bits per heavy atom. The van der Waals surface area contributed by atoms with Gasteiger partial charge in [0.1, 0.15) is 5.82 Å². The number of nitrogens with one attached hydrogen (secondary N) is 2. The molecule has 166 valence electrons. The van der Waals surface area contributed by atoms with Crippen LogP contribution in [-0.2, 0) is 17.8 Å². The lowest BCUT2D eigenvalue weighted by Crippen LogP contribution is -2.49. The van der Waals surface area contributed by atoms with Crippen molar-refractivity contribution >= 4 is 11.9 Å². The lowest BCUT2D eigenvalue weighted by atomic mass is 10.0. The summed E-state index contributed by atoms with van der Waals surface area (Å²) in [4.78, 5) is 32.9. The molecule has 0 bridgehead atoms. The Kier molecular flexibility index (Phi) is 8.35. The molecular weight excluding hydrogens is 397 g/mol.